The molecule has 44 heavy (non-hydrogen) atoms. The second-order valence-electron chi connectivity index (χ2n) is 10.2. The Bertz CT molecular complexity index is 2010. The van der Waals surface area contributed by atoms with Gasteiger partial charge in [0.2, 0.25) is 0 Å². The number of benzene rings is 4. The number of carbonyl (C=O) groups excluding carboxylic acids is 1. The summed E-state index contributed by atoms with van der Waals surface area (Å²) in [5.74, 6) is 0.147. The molecule has 0 aliphatic heterocycles. The first-order valence-corrected chi connectivity index (χ1v) is 13.8. The van der Waals surface area contributed by atoms with Crippen LogP contribution in [0.3, 0.4) is 0 Å². The van der Waals surface area contributed by atoms with E-state index in [2.05, 4.69) is 11.1 Å². The Morgan fingerprint density at radius 1 is 0.864 bits per heavy atom. The quantitative estimate of drug-likeness (QED) is 0.168. The van der Waals surface area contributed by atoms with Crippen LogP contribution in [0, 0.1) is 11.3 Å². The van der Waals surface area contributed by atoms with Crippen molar-refractivity contribution in [1.29, 1.82) is 5.26 Å². The lowest BCUT2D eigenvalue weighted by molar-refractivity contribution is -0.136. The fourth-order valence-electron chi connectivity index (χ4n) is 5.18. The predicted octanol–water partition coefficient (Wildman–Crippen LogP) is 8.45. The third-order valence-corrected chi connectivity index (χ3v) is 7.33. The number of nitrogens with zero attached hydrogens (tertiary/aromatic N) is 3. The van der Waals surface area contributed by atoms with Crippen LogP contribution >= 0.6 is 0 Å². The van der Waals surface area contributed by atoms with Gasteiger partial charge in [0.25, 0.3) is 0 Å². The number of rotatable bonds is 8. The van der Waals surface area contributed by atoms with Crippen LogP contribution in [0.5, 0.6) is 5.75 Å². The molecular formula is C36H24F3N3O2. The van der Waals surface area contributed by atoms with Crippen molar-refractivity contribution in [2.45, 2.75) is 19.3 Å². The fourth-order valence-corrected chi connectivity index (χ4v) is 5.18. The van der Waals surface area contributed by atoms with Crippen LogP contribution in [0.1, 0.15) is 38.3 Å². The van der Waals surface area contributed by atoms with E-state index in [4.69, 9.17) is 4.74 Å². The maximum atomic E-state index is 13.9. The molecule has 216 valence electrons. The Labute approximate surface area is 251 Å². The molecule has 2 aromatic heterocycles. The summed E-state index contributed by atoms with van der Waals surface area (Å²) in [5, 5.41) is 9.46. The summed E-state index contributed by atoms with van der Waals surface area (Å²) in [6.07, 6.45) is -1.53. The molecule has 0 saturated heterocycles. The molecule has 0 spiro atoms. The molecule has 0 radical (unpaired) electrons. The minimum absolute atomic E-state index is 0.193. The van der Waals surface area contributed by atoms with E-state index in [1.165, 1.54) is 12.3 Å². The number of aromatic nitrogens is 2. The van der Waals surface area contributed by atoms with Crippen molar-refractivity contribution in [3.05, 3.63) is 155 Å². The first kappa shape index (κ1) is 28.4. The molecule has 0 aliphatic rings. The van der Waals surface area contributed by atoms with E-state index in [0.717, 1.165) is 17.2 Å². The molecular weight excluding hydrogens is 563 g/mol. The molecule has 0 saturated carbocycles. The number of pyridine rings is 1. The van der Waals surface area contributed by atoms with Crippen molar-refractivity contribution >= 4 is 16.7 Å². The zero-order valence-electron chi connectivity index (χ0n) is 23.3. The van der Waals surface area contributed by atoms with Gasteiger partial charge in [-0.1, -0.05) is 78.9 Å². The second-order valence-corrected chi connectivity index (χ2v) is 10.2. The molecule has 0 bridgehead atoms. The molecule has 0 atom stereocenters. The largest absolute Gasteiger partial charge is 0.489 e. The Hall–Kier alpha value is -5.68. The Morgan fingerprint density at radius 2 is 1.61 bits per heavy atom. The Balaban J connectivity index is 1.32. The lowest BCUT2D eigenvalue weighted by atomic mass is 9.91. The van der Waals surface area contributed by atoms with E-state index in [1.807, 2.05) is 41.1 Å². The zero-order chi connectivity index (χ0) is 30.7. The molecule has 5 nitrogen and oxygen atoms in total. The van der Waals surface area contributed by atoms with E-state index in [-0.39, 0.29) is 28.9 Å². The van der Waals surface area contributed by atoms with Gasteiger partial charge < -0.3 is 9.30 Å². The van der Waals surface area contributed by atoms with Crippen LogP contribution in [0.25, 0.3) is 22.0 Å². The van der Waals surface area contributed by atoms with Crippen LogP contribution in [0.2, 0.25) is 0 Å². The normalized spacial score (nSPS) is 11.3. The lowest BCUT2D eigenvalue weighted by Crippen LogP contribution is -2.09. The minimum atomic E-state index is -4.62. The number of alkyl halides is 3. The number of carbonyl (C=O) groups is 1. The van der Waals surface area contributed by atoms with Gasteiger partial charge in [-0.3, -0.25) is 9.78 Å². The fraction of sp³-hybridized carbons (Fsp3) is 0.0833. The zero-order valence-corrected chi connectivity index (χ0v) is 23.3. The molecule has 6 rings (SSSR count). The minimum Gasteiger partial charge on any atom is -0.489 e. The number of hydrogen-bond acceptors (Lipinski definition) is 4. The Morgan fingerprint density at radius 3 is 2.36 bits per heavy atom. The highest BCUT2D eigenvalue weighted by Gasteiger charge is 2.34. The van der Waals surface area contributed by atoms with Gasteiger partial charge in [0.15, 0.2) is 5.78 Å². The summed E-state index contributed by atoms with van der Waals surface area (Å²) in [7, 11) is 0. The number of hydrogen-bond donors (Lipinski definition) is 0. The number of fused-ring (bicyclic) bond motifs is 1. The predicted molar refractivity (Wildman–Crippen MR) is 161 cm³/mol. The van der Waals surface area contributed by atoms with Crippen molar-refractivity contribution in [1.82, 2.24) is 9.55 Å². The lowest BCUT2D eigenvalue weighted by Gasteiger charge is -2.16. The molecule has 6 aromatic rings. The second kappa shape index (κ2) is 11.9. The number of nitriles is 1. The van der Waals surface area contributed by atoms with E-state index >= 15 is 0 Å². The van der Waals surface area contributed by atoms with Crippen LogP contribution in [0.15, 0.2) is 122 Å². The third kappa shape index (κ3) is 5.81. The van der Waals surface area contributed by atoms with Gasteiger partial charge in [0.1, 0.15) is 24.1 Å². The first-order chi connectivity index (χ1) is 21.3. The first-order valence-electron chi connectivity index (χ1n) is 13.8. The van der Waals surface area contributed by atoms with Gasteiger partial charge in [0.05, 0.1) is 11.1 Å². The van der Waals surface area contributed by atoms with Crippen LogP contribution < -0.4 is 4.74 Å². The van der Waals surface area contributed by atoms with Crippen LogP contribution in [-0.4, -0.2) is 15.3 Å². The number of ether oxygens (including phenoxy) is 1. The summed E-state index contributed by atoms with van der Waals surface area (Å²) in [6, 6.07) is 33.0. The average Bonchev–Trinajstić information content (AvgIpc) is 3.50. The van der Waals surface area contributed by atoms with Gasteiger partial charge in [-0.25, -0.2) is 0 Å². The van der Waals surface area contributed by atoms with E-state index in [0.29, 0.717) is 34.7 Å². The standard InChI is InChI=1S/C36H24F3N3O2/c37-36(38,39)32-13-5-12-30-33(31(21-41-34(30)32)35(43)26-7-2-1-3-8-26)27-9-4-11-29(19-27)44-23-25-16-14-24(15-17-25)22-42-18-6-10-28(42)20-40/h1-19,21H,22-23H2. The van der Waals surface area contributed by atoms with Crippen LogP contribution in [0.4, 0.5) is 13.2 Å². The summed E-state index contributed by atoms with van der Waals surface area (Å²) < 4.78 is 49.7. The maximum Gasteiger partial charge on any atom is 0.418 e. The van der Waals surface area contributed by atoms with E-state index < -0.39 is 11.7 Å². The maximum absolute atomic E-state index is 13.9. The topological polar surface area (TPSA) is 67.9 Å². The molecule has 0 N–H and O–H groups in total. The third-order valence-electron chi connectivity index (χ3n) is 7.33. The molecule has 4 aromatic carbocycles. The number of para-hydroxylation sites is 1. The van der Waals surface area contributed by atoms with Crippen molar-refractivity contribution in [2.75, 3.05) is 0 Å². The van der Waals surface area contributed by atoms with E-state index in [1.54, 1.807) is 66.7 Å². The van der Waals surface area contributed by atoms with Gasteiger partial charge in [-0.05, 0) is 47.0 Å². The highest BCUT2D eigenvalue weighted by atomic mass is 19.4. The summed E-state index contributed by atoms with van der Waals surface area (Å²) in [5.41, 5.74) is 2.91. The molecule has 2 heterocycles. The smallest absolute Gasteiger partial charge is 0.418 e. The van der Waals surface area contributed by atoms with Crippen LogP contribution in [-0.2, 0) is 19.3 Å². The van der Waals surface area contributed by atoms with Crippen molar-refractivity contribution in [3.63, 3.8) is 0 Å². The van der Waals surface area contributed by atoms with E-state index in [9.17, 15) is 23.2 Å². The number of ketones is 1. The molecule has 0 fully saturated rings. The summed E-state index contributed by atoms with van der Waals surface area (Å²) in [6.45, 7) is 0.820. The number of halogens is 3. The highest BCUT2D eigenvalue weighted by Crippen LogP contribution is 2.39. The highest BCUT2D eigenvalue weighted by molar-refractivity contribution is 6.16. The van der Waals surface area contributed by atoms with Gasteiger partial charge >= 0.3 is 6.18 Å². The monoisotopic (exact) mass is 587 g/mol. The van der Waals surface area contributed by atoms with Crippen molar-refractivity contribution in [2.24, 2.45) is 0 Å². The van der Waals surface area contributed by atoms with Gasteiger partial charge in [-0.2, -0.15) is 18.4 Å². The molecule has 8 heteroatoms. The SMILES string of the molecule is N#Cc1cccn1Cc1ccc(COc2cccc(-c3c(C(=O)c4ccccc4)cnc4c(C(F)(F)F)cccc34)c2)cc1. The summed E-state index contributed by atoms with van der Waals surface area (Å²) >= 11 is 0. The molecule has 0 unspecified atom stereocenters. The van der Waals surface area contributed by atoms with Crippen molar-refractivity contribution in [3.8, 4) is 22.9 Å². The van der Waals surface area contributed by atoms with Gasteiger partial charge in [-0.15, -0.1) is 0 Å². The average molecular weight is 588 g/mol. The Kier molecular flexibility index (Phi) is 7.69. The van der Waals surface area contributed by atoms with Crippen molar-refractivity contribution < 1.29 is 22.7 Å². The van der Waals surface area contributed by atoms with Gasteiger partial charge in [0, 0.05) is 41.0 Å². The summed E-state index contributed by atoms with van der Waals surface area (Å²) in [4.78, 5) is 17.7. The molecule has 0 aliphatic carbocycles. The molecule has 0 amide bonds.